The molecule has 3 aromatic rings. The molecule has 1 saturated heterocycles. The molecule has 0 spiro atoms. The van der Waals surface area contributed by atoms with Gasteiger partial charge in [0.25, 0.3) is 11.6 Å². The lowest BCUT2D eigenvalue weighted by Crippen LogP contribution is -2.40. The van der Waals surface area contributed by atoms with Crippen LogP contribution in [0.15, 0.2) is 54.9 Å². The number of rotatable bonds is 5. The number of nitrogens with zero attached hydrogens (tertiary/aromatic N) is 4. The second kappa shape index (κ2) is 8.97. The molecule has 34 heavy (non-hydrogen) atoms. The number of hydrogen-bond donors (Lipinski definition) is 0. The molecule has 1 amide bonds. The van der Waals surface area contributed by atoms with Crippen molar-refractivity contribution >= 4 is 17.4 Å². The molecule has 1 fully saturated rings. The van der Waals surface area contributed by atoms with Crippen molar-refractivity contribution in [3.05, 3.63) is 76.1 Å². The molecular weight excluding hydrogens is 440 g/mol. The zero-order valence-corrected chi connectivity index (χ0v) is 18.3. The van der Waals surface area contributed by atoms with Crippen LogP contribution in [0.25, 0.3) is 5.69 Å². The van der Waals surface area contributed by atoms with Crippen LogP contribution in [0.1, 0.15) is 33.6 Å². The summed E-state index contributed by atoms with van der Waals surface area (Å²) in [6.07, 6.45) is 4.25. The van der Waals surface area contributed by atoms with E-state index in [1.165, 1.54) is 23.0 Å². The number of non-ortho nitro benzene ring substituents is 1. The zero-order chi connectivity index (χ0) is 23.7. The molecule has 3 heterocycles. The highest BCUT2D eigenvalue weighted by atomic mass is 16.6. The number of hydrogen-bond acceptors (Lipinski definition) is 7. The maximum Gasteiger partial charge on any atom is 0.269 e. The second-order valence-electron chi connectivity index (χ2n) is 8.24. The number of likely N-dealkylation sites (tertiary alicyclic amines) is 1. The van der Waals surface area contributed by atoms with Gasteiger partial charge in [-0.25, -0.2) is 4.68 Å². The first kappa shape index (κ1) is 21.6. The van der Waals surface area contributed by atoms with Crippen molar-refractivity contribution in [3.8, 4) is 17.2 Å². The third-order valence-corrected chi connectivity index (χ3v) is 6.13. The molecule has 2 aromatic carbocycles. The van der Waals surface area contributed by atoms with Crippen LogP contribution in [0.4, 0.5) is 5.69 Å². The van der Waals surface area contributed by atoms with Crippen molar-refractivity contribution in [2.75, 3.05) is 26.3 Å². The fourth-order valence-electron chi connectivity index (χ4n) is 4.26. The normalized spacial score (nSPS) is 15.7. The van der Waals surface area contributed by atoms with E-state index in [4.69, 9.17) is 9.47 Å². The van der Waals surface area contributed by atoms with Crippen molar-refractivity contribution < 1.29 is 24.0 Å². The molecule has 0 unspecified atom stereocenters. The molecule has 0 radical (unpaired) electrons. The van der Waals surface area contributed by atoms with Crippen molar-refractivity contribution in [3.63, 3.8) is 0 Å². The number of ether oxygens (including phenoxy) is 2. The van der Waals surface area contributed by atoms with E-state index in [-0.39, 0.29) is 23.3 Å². The number of ketones is 1. The summed E-state index contributed by atoms with van der Waals surface area (Å²) in [5.74, 6) is 0.982. The van der Waals surface area contributed by atoms with Gasteiger partial charge in [-0.2, -0.15) is 5.10 Å². The molecule has 0 N–H and O–H groups in total. The van der Waals surface area contributed by atoms with E-state index >= 15 is 0 Å². The third-order valence-electron chi connectivity index (χ3n) is 6.13. The Labute approximate surface area is 194 Å². The van der Waals surface area contributed by atoms with Crippen LogP contribution in [-0.2, 0) is 0 Å². The largest absolute Gasteiger partial charge is 0.486 e. The van der Waals surface area contributed by atoms with E-state index in [1.807, 2.05) is 0 Å². The van der Waals surface area contributed by atoms with Gasteiger partial charge in [0.05, 0.1) is 22.4 Å². The van der Waals surface area contributed by atoms with Gasteiger partial charge in [-0.1, -0.05) is 0 Å². The summed E-state index contributed by atoms with van der Waals surface area (Å²) in [6.45, 7) is 1.91. The zero-order valence-electron chi connectivity index (χ0n) is 18.3. The van der Waals surface area contributed by atoms with E-state index in [0.29, 0.717) is 67.5 Å². The van der Waals surface area contributed by atoms with Crippen LogP contribution in [0, 0.1) is 16.0 Å². The van der Waals surface area contributed by atoms with E-state index < -0.39 is 4.92 Å². The molecule has 174 valence electrons. The first-order chi connectivity index (χ1) is 16.5. The minimum absolute atomic E-state index is 0.0131. The standard InChI is InChI=1S/C24H22N4O6/c29-23(17-1-6-21-22(13-17)34-12-11-33-21)16-7-9-26(10-8-16)24(30)18-14-25-27(15-18)19-2-4-20(5-3-19)28(31)32/h1-6,13-16H,7-12H2. The molecule has 0 bridgehead atoms. The van der Waals surface area contributed by atoms with Gasteiger partial charge in [0, 0.05) is 42.9 Å². The Bertz CT molecular complexity index is 1240. The SMILES string of the molecule is O=C(c1ccc2c(c1)OCCO2)C1CCN(C(=O)c2cnn(-c3ccc([N+](=O)[O-])cc3)c2)CC1. The summed E-state index contributed by atoms with van der Waals surface area (Å²) in [6, 6.07) is 11.2. The lowest BCUT2D eigenvalue weighted by molar-refractivity contribution is -0.384. The van der Waals surface area contributed by atoms with Crippen molar-refractivity contribution in [2.24, 2.45) is 5.92 Å². The summed E-state index contributed by atoms with van der Waals surface area (Å²) < 4.78 is 12.6. The molecule has 10 nitrogen and oxygen atoms in total. The van der Waals surface area contributed by atoms with Gasteiger partial charge < -0.3 is 14.4 Å². The number of nitro groups is 1. The highest BCUT2D eigenvalue weighted by Gasteiger charge is 2.29. The van der Waals surface area contributed by atoms with E-state index in [1.54, 1.807) is 41.4 Å². The Morgan fingerprint density at radius 1 is 0.971 bits per heavy atom. The van der Waals surface area contributed by atoms with Crippen LogP contribution >= 0.6 is 0 Å². The minimum atomic E-state index is -0.468. The van der Waals surface area contributed by atoms with Gasteiger partial charge in [0.2, 0.25) is 0 Å². The van der Waals surface area contributed by atoms with Crippen LogP contribution < -0.4 is 9.47 Å². The van der Waals surface area contributed by atoms with Crippen LogP contribution in [0.3, 0.4) is 0 Å². The van der Waals surface area contributed by atoms with Gasteiger partial charge >= 0.3 is 0 Å². The number of Topliss-reactive ketones (excluding diaryl/α,β-unsaturated/α-hetero) is 1. The van der Waals surface area contributed by atoms with E-state index in [0.717, 1.165) is 0 Å². The Balaban J connectivity index is 1.21. The second-order valence-corrected chi connectivity index (χ2v) is 8.24. The van der Waals surface area contributed by atoms with Crippen LogP contribution in [0.2, 0.25) is 0 Å². The summed E-state index contributed by atoms with van der Waals surface area (Å²) in [7, 11) is 0. The number of nitro benzene ring substituents is 1. The minimum Gasteiger partial charge on any atom is -0.486 e. The lowest BCUT2D eigenvalue weighted by Gasteiger charge is -2.31. The van der Waals surface area contributed by atoms with Gasteiger partial charge in [0.15, 0.2) is 17.3 Å². The molecule has 0 aliphatic carbocycles. The number of benzene rings is 2. The van der Waals surface area contributed by atoms with Crippen LogP contribution in [-0.4, -0.2) is 57.6 Å². The summed E-state index contributed by atoms with van der Waals surface area (Å²) in [4.78, 5) is 38.0. The van der Waals surface area contributed by atoms with Crippen LogP contribution in [0.5, 0.6) is 11.5 Å². The molecule has 1 aromatic heterocycles. The fraction of sp³-hybridized carbons (Fsp3) is 0.292. The quantitative estimate of drug-likeness (QED) is 0.324. The highest BCUT2D eigenvalue weighted by Crippen LogP contribution is 2.32. The van der Waals surface area contributed by atoms with E-state index in [9.17, 15) is 19.7 Å². The third kappa shape index (κ3) is 4.21. The van der Waals surface area contributed by atoms with Gasteiger partial charge in [0.1, 0.15) is 13.2 Å². The topological polar surface area (TPSA) is 117 Å². The number of piperidine rings is 1. The van der Waals surface area contributed by atoms with Crippen molar-refractivity contribution in [1.29, 1.82) is 0 Å². The smallest absolute Gasteiger partial charge is 0.269 e. The lowest BCUT2D eigenvalue weighted by atomic mass is 9.88. The maximum atomic E-state index is 13.0. The predicted molar refractivity (Wildman–Crippen MR) is 121 cm³/mol. The number of fused-ring (bicyclic) bond motifs is 1. The van der Waals surface area contributed by atoms with Crippen molar-refractivity contribution in [1.82, 2.24) is 14.7 Å². The average molecular weight is 462 g/mol. The molecule has 2 aliphatic rings. The Morgan fingerprint density at radius 2 is 1.68 bits per heavy atom. The van der Waals surface area contributed by atoms with E-state index in [2.05, 4.69) is 5.10 Å². The average Bonchev–Trinajstić information content (AvgIpc) is 3.38. The maximum absolute atomic E-state index is 13.0. The Hall–Kier alpha value is -4.21. The number of carbonyl (C=O) groups excluding carboxylic acids is 2. The first-order valence-electron chi connectivity index (χ1n) is 11.0. The summed E-state index contributed by atoms with van der Waals surface area (Å²) in [5, 5.41) is 15.0. The molecule has 0 atom stereocenters. The Morgan fingerprint density at radius 3 is 2.38 bits per heavy atom. The van der Waals surface area contributed by atoms with Gasteiger partial charge in [-0.3, -0.25) is 19.7 Å². The highest BCUT2D eigenvalue weighted by molar-refractivity contribution is 5.99. The molecule has 2 aliphatic heterocycles. The number of aromatic nitrogens is 2. The molecule has 5 rings (SSSR count). The molecular formula is C24H22N4O6. The summed E-state index contributed by atoms with van der Waals surface area (Å²) in [5.41, 5.74) is 1.63. The number of amides is 1. The summed E-state index contributed by atoms with van der Waals surface area (Å²) >= 11 is 0. The fourth-order valence-corrected chi connectivity index (χ4v) is 4.26. The monoisotopic (exact) mass is 462 g/mol. The molecule has 10 heteroatoms. The first-order valence-corrected chi connectivity index (χ1v) is 11.0. The van der Waals surface area contributed by atoms with Crippen molar-refractivity contribution in [2.45, 2.75) is 12.8 Å². The number of carbonyl (C=O) groups is 2. The molecule has 0 saturated carbocycles. The predicted octanol–water partition coefficient (Wildman–Crippen LogP) is 3.29. The Kier molecular flexibility index (Phi) is 5.70. The van der Waals surface area contributed by atoms with Gasteiger partial charge in [-0.15, -0.1) is 0 Å². The van der Waals surface area contributed by atoms with Gasteiger partial charge in [-0.05, 0) is 43.2 Å².